The van der Waals surface area contributed by atoms with E-state index in [-0.39, 0.29) is 0 Å². The van der Waals surface area contributed by atoms with Crippen LogP contribution in [0.3, 0.4) is 0 Å². The highest BCUT2D eigenvalue weighted by molar-refractivity contribution is 5.36. The SMILES string of the molecule is CCCOc1ccccc1C1CCCNC1. The second kappa shape index (κ2) is 5.90. The molecule has 0 spiro atoms. The molecule has 88 valence electrons. The van der Waals surface area contributed by atoms with Crippen molar-refractivity contribution in [1.29, 1.82) is 0 Å². The molecule has 1 atom stereocenters. The maximum absolute atomic E-state index is 5.81. The van der Waals surface area contributed by atoms with Crippen LogP contribution in [0.2, 0.25) is 0 Å². The second-order valence-electron chi connectivity index (χ2n) is 4.43. The molecular formula is C14H21NO. The lowest BCUT2D eigenvalue weighted by atomic mass is 9.91. The molecule has 1 aliphatic rings. The maximum atomic E-state index is 5.81. The molecule has 1 unspecified atom stereocenters. The van der Waals surface area contributed by atoms with Crippen molar-refractivity contribution in [1.82, 2.24) is 5.32 Å². The predicted molar refractivity (Wildman–Crippen MR) is 67.1 cm³/mol. The van der Waals surface area contributed by atoms with Crippen LogP contribution in [0, 0.1) is 0 Å². The van der Waals surface area contributed by atoms with E-state index in [1.54, 1.807) is 0 Å². The zero-order valence-electron chi connectivity index (χ0n) is 10.0. The van der Waals surface area contributed by atoms with Crippen LogP contribution in [0.1, 0.15) is 37.7 Å². The van der Waals surface area contributed by atoms with Gasteiger partial charge in [0.15, 0.2) is 0 Å². The van der Waals surface area contributed by atoms with Gasteiger partial charge in [0.05, 0.1) is 6.61 Å². The third-order valence-corrected chi connectivity index (χ3v) is 3.12. The van der Waals surface area contributed by atoms with Gasteiger partial charge in [0, 0.05) is 12.5 Å². The Morgan fingerprint density at radius 3 is 3.00 bits per heavy atom. The maximum Gasteiger partial charge on any atom is 0.122 e. The van der Waals surface area contributed by atoms with Crippen LogP contribution in [0.4, 0.5) is 0 Å². The molecule has 2 nitrogen and oxygen atoms in total. The smallest absolute Gasteiger partial charge is 0.122 e. The van der Waals surface area contributed by atoms with Crippen molar-refractivity contribution in [3.05, 3.63) is 29.8 Å². The number of hydrogen-bond acceptors (Lipinski definition) is 2. The van der Waals surface area contributed by atoms with Crippen LogP contribution >= 0.6 is 0 Å². The number of benzene rings is 1. The van der Waals surface area contributed by atoms with E-state index in [0.29, 0.717) is 5.92 Å². The lowest BCUT2D eigenvalue weighted by Gasteiger charge is -2.25. The van der Waals surface area contributed by atoms with Gasteiger partial charge in [-0.3, -0.25) is 0 Å². The molecule has 2 heteroatoms. The number of nitrogens with one attached hydrogen (secondary N) is 1. The molecule has 0 aromatic heterocycles. The monoisotopic (exact) mass is 219 g/mol. The summed E-state index contributed by atoms with van der Waals surface area (Å²) in [6, 6.07) is 8.48. The normalized spacial score (nSPS) is 20.7. The van der Waals surface area contributed by atoms with Gasteiger partial charge in [0.2, 0.25) is 0 Å². The number of ether oxygens (including phenoxy) is 1. The Bertz CT molecular complexity index is 318. The third kappa shape index (κ3) is 2.76. The number of rotatable bonds is 4. The molecule has 0 aliphatic carbocycles. The summed E-state index contributed by atoms with van der Waals surface area (Å²) < 4.78 is 5.81. The fraction of sp³-hybridized carbons (Fsp3) is 0.571. The minimum atomic E-state index is 0.627. The van der Waals surface area contributed by atoms with E-state index < -0.39 is 0 Å². The van der Waals surface area contributed by atoms with Gasteiger partial charge < -0.3 is 10.1 Å². The van der Waals surface area contributed by atoms with Crippen molar-refractivity contribution in [2.24, 2.45) is 0 Å². The molecule has 0 radical (unpaired) electrons. The molecule has 1 N–H and O–H groups in total. The standard InChI is InChI=1S/C14H21NO/c1-2-10-16-14-8-4-3-7-13(14)12-6-5-9-15-11-12/h3-4,7-8,12,15H,2,5-6,9-11H2,1H3. The van der Waals surface area contributed by atoms with Crippen molar-refractivity contribution in [2.45, 2.75) is 32.1 Å². The highest BCUT2D eigenvalue weighted by atomic mass is 16.5. The largest absolute Gasteiger partial charge is 0.493 e. The van der Waals surface area contributed by atoms with Crippen LogP contribution in [0.25, 0.3) is 0 Å². The zero-order chi connectivity index (χ0) is 11.2. The number of hydrogen-bond donors (Lipinski definition) is 1. The minimum Gasteiger partial charge on any atom is -0.493 e. The van der Waals surface area contributed by atoms with Gasteiger partial charge in [0.25, 0.3) is 0 Å². The molecule has 2 rings (SSSR count). The van der Waals surface area contributed by atoms with E-state index in [0.717, 1.165) is 31.9 Å². The fourth-order valence-electron chi connectivity index (χ4n) is 2.28. The summed E-state index contributed by atoms with van der Waals surface area (Å²) in [7, 11) is 0. The van der Waals surface area contributed by atoms with Crippen molar-refractivity contribution in [3.8, 4) is 5.75 Å². The Morgan fingerprint density at radius 2 is 2.25 bits per heavy atom. The van der Waals surface area contributed by atoms with E-state index >= 15 is 0 Å². The molecule has 1 saturated heterocycles. The van der Waals surface area contributed by atoms with Crippen molar-refractivity contribution < 1.29 is 4.74 Å². The number of para-hydroxylation sites is 1. The first-order valence-electron chi connectivity index (χ1n) is 6.34. The molecule has 0 bridgehead atoms. The Labute approximate surface area is 98.0 Å². The van der Waals surface area contributed by atoms with Crippen molar-refractivity contribution in [2.75, 3.05) is 19.7 Å². The summed E-state index contributed by atoms with van der Waals surface area (Å²) in [5.41, 5.74) is 1.38. The van der Waals surface area contributed by atoms with Crippen LogP contribution in [-0.4, -0.2) is 19.7 Å². The van der Waals surface area contributed by atoms with Gasteiger partial charge in [-0.1, -0.05) is 25.1 Å². The van der Waals surface area contributed by atoms with E-state index in [2.05, 4.69) is 36.5 Å². The highest BCUT2D eigenvalue weighted by Gasteiger charge is 2.18. The molecular weight excluding hydrogens is 198 g/mol. The molecule has 0 saturated carbocycles. The van der Waals surface area contributed by atoms with Crippen LogP contribution in [0.15, 0.2) is 24.3 Å². The summed E-state index contributed by atoms with van der Waals surface area (Å²) in [6.45, 7) is 5.21. The highest BCUT2D eigenvalue weighted by Crippen LogP contribution is 2.30. The molecule has 0 amide bonds. The van der Waals surface area contributed by atoms with E-state index in [1.807, 2.05) is 0 Å². The molecule has 1 aromatic rings. The van der Waals surface area contributed by atoms with Crippen LogP contribution in [0.5, 0.6) is 5.75 Å². The van der Waals surface area contributed by atoms with Crippen molar-refractivity contribution >= 4 is 0 Å². The Hall–Kier alpha value is -1.02. The summed E-state index contributed by atoms with van der Waals surface area (Å²) in [5, 5.41) is 3.46. The van der Waals surface area contributed by atoms with Gasteiger partial charge in [-0.05, 0) is 37.4 Å². The molecule has 1 aliphatic heterocycles. The van der Waals surface area contributed by atoms with E-state index in [9.17, 15) is 0 Å². The van der Waals surface area contributed by atoms with Gasteiger partial charge in [-0.15, -0.1) is 0 Å². The predicted octanol–water partition coefficient (Wildman–Crippen LogP) is 2.94. The van der Waals surface area contributed by atoms with Crippen LogP contribution in [-0.2, 0) is 0 Å². The minimum absolute atomic E-state index is 0.627. The zero-order valence-corrected chi connectivity index (χ0v) is 10.0. The summed E-state index contributed by atoms with van der Waals surface area (Å²) >= 11 is 0. The molecule has 1 fully saturated rings. The van der Waals surface area contributed by atoms with Gasteiger partial charge >= 0.3 is 0 Å². The summed E-state index contributed by atoms with van der Waals surface area (Å²) in [5.74, 6) is 1.71. The first-order chi connectivity index (χ1) is 7.92. The van der Waals surface area contributed by atoms with E-state index in [4.69, 9.17) is 4.74 Å². The first kappa shape index (κ1) is 11.5. The number of piperidine rings is 1. The topological polar surface area (TPSA) is 21.3 Å². The quantitative estimate of drug-likeness (QED) is 0.840. The fourth-order valence-corrected chi connectivity index (χ4v) is 2.28. The average molecular weight is 219 g/mol. The average Bonchev–Trinajstić information content (AvgIpc) is 2.38. The summed E-state index contributed by atoms with van der Waals surface area (Å²) in [4.78, 5) is 0. The lowest BCUT2D eigenvalue weighted by molar-refractivity contribution is 0.309. The Balaban J connectivity index is 2.11. The van der Waals surface area contributed by atoms with E-state index in [1.165, 1.54) is 18.4 Å². The molecule has 16 heavy (non-hydrogen) atoms. The Kier molecular flexibility index (Phi) is 4.23. The van der Waals surface area contributed by atoms with Crippen molar-refractivity contribution in [3.63, 3.8) is 0 Å². The first-order valence-corrected chi connectivity index (χ1v) is 6.34. The molecule has 1 heterocycles. The lowest BCUT2D eigenvalue weighted by Crippen LogP contribution is -2.28. The summed E-state index contributed by atoms with van der Waals surface area (Å²) in [6.07, 6.45) is 3.61. The Morgan fingerprint density at radius 1 is 1.38 bits per heavy atom. The third-order valence-electron chi connectivity index (χ3n) is 3.12. The van der Waals surface area contributed by atoms with Gasteiger partial charge in [0.1, 0.15) is 5.75 Å². The van der Waals surface area contributed by atoms with Crippen LogP contribution < -0.4 is 10.1 Å². The van der Waals surface area contributed by atoms with Gasteiger partial charge in [-0.2, -0.15) is 0 Å². The van der Waals surface area contributed by atoms with Gasteiger partial charge in [-0.25, -0.2) is 0 Å². The second-order valence-corrected chi connectivity index (χ2v) is 4.43. The molecule has 1 aromatic carbocycles.